The van der Waals surface area contributed by atoms with Crippen molar-refractivity contribution in [1.29, 1.82) is 0 Å². The van der Waals surface area contributed by atoms with Crippen molar-refractivity contribution in [2.75, 3.05) is 19.0 Å². The third-order valence-corrected chi connectivity index (χ3v) is 7.04. The van der Waals surface area contributed by atoms with Gasteiger partial charge in [0.25, 0.3) is 0 Å². The molecule has 1 N–H and O–H groups in total. The lowest BCUT2D eigenvalue weighted by atomic mass is 9.88. The molecule has 0 radical (unpaired) electrons. The smallest absolute Gasteiger partial charge is 0.303 e. The van der Waals surface area contributed by atoms with Gasteiger partial charge in [-0.3, -0.25) is 4.79 Å². The van der Waals surface area contributed by atoms with Gasteiger partial charge in [-0.05, 0) is 62.5 Å². The second-order valence-corrected chi connectivity index (χ2v) is 9.09. The second-order valence-electron chi connectivity index (χ2n) is 7.68. The fourth-order valence-corrected chi connectivity index (χ4v) is 5.34. The summed E-state index contributed by atoms with van der Waals surface area (Å²) in [7, 11) is 0. The van der Waals surface area contributed by atoms with Gasteiger partial charge >= 0.3 is 5.97 Å². The van der Waals surface area contributed by atoms with E-state index in [2.05, 4.69) is 23.9 Å². The number of unbranched alkanes of at least 4 members (excludes halogenated alkanes) is 2. The molecule has 1 saturated heterocycles. The van der Waals surface area contributed by atoms with E-state index >= 15 is 0 Å². The maximum atomic E-state index is 10.5. The largest absolute Gasteiger partial charge is 0.481 e. The number of rotatable bonds is 12. The van der Waals surface area contributed by atoms with E-state index in [0.717, 1.165) is 43.6 Å². The molecule has 25 heavy (non-hydrogen) atoms. The summed E-state index contributed by atoms with van der Waals surface area (Å²) >= 11 is 2.22. The van der Waals surface area contributed by atoms with Crippen molar-refractivity contribution >= 4 is 17.7 Å². The van der Waals surface area contributed by atoms with E-state index in [1.54, 1.807) is 0 Å². The molecule has 1 aliphatic heterocycles. The molecule has 2 fully saturated rings. The lowest BCUT2D eigenvalue weighted by Gasteiger charge is -2.21. The average molecular weight is 369 g/mol. The molecule has 4 heteroatoms. The minimum Gasteiger partial charge on any atom is -0.481 e. The second kappa shape index (κ2) is 12.8. The first-order valence-corrected chi connectivity index (χ1v) is 11.4. The number of allylic oxidation sites excluding steroid dienone is 2. The van der Waals surface area contributed by atoms with Gasteiger partial charge in [0.05, 0.1) is 6.61 Å². The lowest BCUT2D eigenvalue weighted by Crippen LogP contribution is -2.12. The number of hydrogen-bond donors (Lipinski definition) is 1. The SMILES string of the molecule is O=C(O)CCC/C=C\C[C@H]1COC[C@H]1CCCCSC1CCCCC1. The lowest BCUT2D eigenvalue weighted by molar-refractivity contribution is -0.137. The highest BCUT2D eigenvalue weighted by Crippen LogP contribution is 2.31. The molecule has 0 aromatic carbocycles. The van der Waals surface area contributed by atoms with E-state index in [9.17, 15) is 4.79 Å². The Morgan fingerprint density at radius 1 is 1.04 bits per heavy atom. The van der Waals surface area contributed by atoms with Gasteiger partial charge in [0.1, 0.15) is 0 Å². The predicted octanol–water partition coefficient (Wildman–Crippen LogP) is 5.69. The average Bonchev–Trinajstić information content (AvgIpc) is 3.06. The summed E-state index contributed by atoms with van der Waals surface area (Å²) in [6.07, 6.45) is 18.6. The summed E-state index contributed by atoms with van der Waals surface area (Å²) in [6.45, 7) is 1.84. The van der Waals surface area contributed by atoms with Crippen LogP contribution in [0.3, 0.4) is 0 Å². The van der Waals surface area contributed by atoms with Crippen LogP contribution in [0.4, 0.5) is 0 Å². The van der Waals surface area contributed by atoms with Crippen LogP contribution in [-0.4, -0.2) is 35.3 Å². The molecule has 0 amide bonds. The molecule has 1 saturated carbocycles. The summed E-state index contributed by atoms with van der Waals surface area (Å²) in [5.74, 6) is 2.04. The molecule has 0 bridgehead atoms. The van der Waals surface area contributed by atoms with Crippen molar-refractivity contribution < 1.29 is 14.6 Å². The zero-order valence-corrected chi connectivity index (χ0v) is 16.5. The van der Waals surface area contributed by atoms with Crippen molar-refractivity contribution in [3.8, 4) is 0 Å². The van der Waals surface area contributed by atoms with E-state index in [0.29, 0.717) is 5.92 Å². The van der Waals surface area contributed by atoms with Crippen molar-refractivity contribution in [3.05, 3.63) is 12.2 Å². The van der Waals surface area contributed by atoms with Gasteiger partial charge in [-0.1, -0.05) is 37.8 Å². The Morgan fingerprint density at radius 3 is 2.64 bits per heavy atom. The van der Waals surface area contributed by atoms with E-state index in [4.69, 9.17) is 9.84 Å². The maximum absolute atomic E-state index is 10.5. The number of carboxylic acid groups (broad SMARTS) is 1. The highest BCUT2D eigenvalue weighted by molar-refractivity contribution is 7.99. The molecule has 2 rings (SSSR count). The van der Waals surface area contributed by atoms with Gasteiger partial charge in [0, 0.05) is 18.3 Å². The molecule has 2 aliphatic rings. The van der Waals surface area contributed by atoms with Gasteiger partial charge in [0.15, 0.2) is 0 Å². The zero-order valence-electron chi connectivity index (χ0n) is 15.7. The molecular formula is C21H36O3S. The monoisotopic (exact) mass is 368 g/mol. The Kier molecular flexibility index (Phi) is 10.7. The third-order valence-electron chi connectivity index (χ3n) is 5.57. The normalized spacial score (nSPS) is 25.0. The fourth-order valence-electron chi connectivity index (χ4n) is 3.97. The molecule has 3 nitrogen and oxygen atoms in total. The van der Waals surface area contributed by atoms with E-state index in [1.807, 2.05) is 0 Å². The predicted molar refractivity (Wildman–Crippen MR) is 106 cm³/mol. The van der Waals surface area contributed by atoms with Crippen LogP contribution < -0.4 is 0 Å². The standard InChI is InChI=1S/C21H36O3S/c22-21(23)14-7-2-1-4-10-18-16-24-17-19(18)11-8-9-15-25-20-12-5-3-6-13-20/h1,4,18-20H,2-3,5-17H2,(H,22,23)/b4-1-/t18-,19+/m0/s1. The van der Waals surface area contributed by atoms with Gasteiger partial charge in [-0.2, -0.15) is 11.8 Å². The van der Waals surface area contributed by atoms with Crippen molar-refractivity contribution in [2.45, 2.75) is 82.3 Å². The minimum absolute atomic E-state index is 0.276. The van der Waals surface area contributed by atoms with E-state index in [1.165, 1.54) is 57.1 Å². The van der Waals surface area contributed by atoms with Crippen LogP contribution in [0.1, 0.15) is 77.0 Å². The highest BCUT2D eigenvalue weighted by atomic mass is 32.2. The Labute approximate surface area is 158 Å². The summed E-state index contributed by atoms with van der Waals surface area (Å²) in [4.78, 5) is 10.5. The molecule has 144 valence electrons. The number of aliphatic carboxylic acids is 1. The third kappa shape index (κ3) is 9.14. The van der Waals surface area contributed by atoms with Crippen molar-refractivity contribution in [3.63, 3.8) is 0 Å². The zero-order chi connectivity index (χ0) is 17.7. The van der Waals surface area contributed by atoms with Gasteiger partial charge in [0.2, 0.25) is 0 Å². The highest BCUT2D eigenvalue weighted by Gasteiger charge is 2.26. The summed E-state index contributed by atoms with van der Waals surface area (Å²) in [5.41, 5.74) is 0. The molecule has 1 aliphatic carbocycles. The number of thioether (sulfide) groups is 1. The summed E-state index contributed by atoms with van der Waals surface area (Å²) < 4.78 is 5.71. The molecular weight excluding hydrogens is 332 g/mol. The molecule has 0 unspecified atom stereocenters. The molecule has 2 atom stereocenters. The number of carboxylic acids is 1. The van der Waals surface area contributed by atoms with Crippen LogP contribution in [0.15, 0.2) is 12.2 Å². The summed E-state index contributed by atoms with van der Waals surface area (Å²) in [6, 6.07) is 0. The van der Waals surface area contributed by atoms with E-state index in [-0.39, 0.29) is 6.42 Å². The molecule has 0 aromatic heterocycles. The first-order chi connectivity index (χ1) is 12.3. The van der Waals surface area contributed by atoms with Crippen LogP contribution in [0.25, 0.3) is 0 Å². The fraction of sp³-hybridized carbons (Fsp3) is 0.857. The van der Waals surface area contributed by atoms with Crippen LogP contribution in [-0.2, 0) is 9.53 Å². The number of carbonyl (C=O) groups is 1. The van der Waals surface area contributed by atoms with Crippen LogP contribution in [0.2, 0.25) is 0 Å². The quantitative estimate of drug-likeness (QED) is 0.355. The first-order valence-electron chi connectivity index (χ1n) is 10.3. The van der Waals surface area contributed by atoms with Crippen LogP contribution >= 0.6 is 11.8 Å². The maximum Gasteiger partial charge on any atom is 0.303 e. The minimum atomic E-state index is -0.695. The van der Waals surface area contributed by atoms with Gasteiger partial charge in [-0.25, -0.2) is 0 Å². The van der Waals surface area contributed by atoms with Gasteiger partial charge < -0.3 is 9.84 Å². The Hall–Kier alpha value is -0.480. The van der Waals surface area contributed by atoms with E-state index < -0.39 is 5.97 Å². The first kappa shape index (κ1) is 20.8. The Bertz CT molecular complexity index is 391. The van der Waals surface area contributed by atoms with Crippen molar-refractivity contribution in [1.82, 2.24) is 0 Å². The Balaban J connectivity index is 1.50. The topological polar surface area (TPSA) is 46.5 Å². The van der Waals surface area contributed by atoms with Crippen molar-refractivity contribution in [2.24, 2.45) is 11.8 Å². The number of hydrogen-bond acceptors (Lipinski definition) is 3. The molecule has 1 heterocycles. The number of ether oxygens (including phenoxy) is 1. The van der Waals surface area contributed by atoms with Crippen LogP contribution in [0, 0.1) is 11.8 Å². The van der Waals surface area contributed by atoms with Crippen LogP contribution in [0.5, 0.6) is 0 Å². The van der Waals surface area contributed by atoms with Gasteiger partial charge in [-0.15, -0.1) is 0 Å². The molecule has 0 aromatic rings. The Morgan fingerprint density at radius 2 is 1.84 bits per heavy atom. The molecule has 0 spiro atoms. The summed E-state index contributed by atoms with van der Waals surface area (Å²) in [5, 5.41) is 9.58.